The molecule has 6 nitrogen and oxygen atoms in total. The van der Waals surface area contributed by atoms with Gasteiger partial charge in [0.05, 0.1) is 25.9 Å². The van der Waals surface area contributed by atoms with Crippen LogP contribution in [0.15, 0.2) is 42.5 Å². The molecule has 0 saturated carbocycles. The van der Waals surface area contributed by atoms with E-state index in [1.54, 1.807) is 30.3 Å². The summed E-state index contributed by atoms with van der Waals surface area (Å²) in [6.45, 7) is 1.81. The third-order valence-corrected chi connectivity index (χ3v) is 3.56. The molecule has 2 aromatic rings. The summed E-state index contributed by atoms with van der Waals surface area (Å²) < 4.78 is 5.21. The molecule has 0 bridgehead atoms. The van der Waals surface area contributed by atoms with Gasteiger partial charge in [-0.15, -0.1) is 6.42 Å². The highest BCUT2D eigenvalue weighted by Crippen LogP contribution is 2.24. The van der Waals surface area contributed by atoms with Crippen LogP contribution in [0.25, 0.3) is 0 Å². The molecule has 0 fully saturated rings. The lowest BCUT2D eigenvalue weighted by Gasteiger charge is -2.12. The van der Waals surface area contributed by atoms with Crippen LogP contribution in [0.1, 0.15) is 11.1 Å². The van der Waals surface area contributed by atoms with Crippen LogP contribution in [0.4, 0.5) is 11.4 Å². The lowest BCUT2D eigenvalue weighted by Crippen LogP contribution is -2.36. The summed E-state index contributed by atoms with van der Waals surface area (Å²) >= 11 is 0. The Morgan fingerprint density at radius 2 is 1.92 bits per heavy atom. The number of benzene rings is 2. The van der Waals surface area contributed by atoms with Crippen LogP contribution < -0.4 is 20.7 Å². The van der Waals surface area contributed by atoms with Gasteiger partial charge in [-0.25, -0.2) is 0 Å². The number of terminal acetylenes is 1. The molecule has 0 atom stereocenters. The first kappa shape index (κ1) is 18.9. The number of hydrogen-bond donors (Lipinski definition) is 3. The Bertz CT molecular complexity index is 840. The molecule has 2 rings (SSSR count). The van der Waals surface area contributed by atoms with Gasteiger partial charge in [-0.2, -0.15) is 0 Å². The van der Waals surface area contributed by atoms with Crippen molar-refractivity contribution >= 4 is 23.2 Å². The lowest BCUT2D eigenvalue weighted by molar-refractivity contribution is -0.122. The number of carbonyl (C=O) groups is 2. The van der Waals surface area contributed by atoms with Crippen molar-refractivity contribution < 1.29 is 14.3 Å². The number of amides is 2. The van der Waals surface area contributed by atoms with Crippen molar-refractivity contribution in [2.24, 2.45) is 0 Å². The number of hydrogen-bond acceptors (Lipinski definition) is 4. The normalized spacial score (nSPS) is 9.73. The van der Waals surface area contributed by atoms with Gasteiger partial charge in [-0.1, -0.05) is 18.1 Å². The number of carbonyl (C=O) groups excluding carboxylic acids is 2. The highest BCUT2D eigenvalue weighted by atomic mass is 16.5. The van der Waals surface area contributed by atoms with Crippen molar-refractivity contribution in [1.82, 2.24) is 5.32 Å². The first-order chi connectivity index (χ1) is 12.5. The zero-order valence-corrected chi connectivity index (χ0v) is 14.8. The van der Waals surface area contributed by atoms with Gasteiger partial charge in [-0.3, -0.25) is 9.59 Å². The number of anilines is 2. The molecule has 0 aliphatic rings. The summed E-state index contributed by atoms with van der Waals surface area (Å²) in [5, 5.41) is 8.24. The first-order valence-electron chi connectivity index (χ1n) is 8.03. The number of methoxy groups -OCH3 is 1. The molecule has 3 N–H and O–H groups in total. The maximum absolute atomic E-state index is 12.0. The second-order valence-corrected chi connectivity index (χ2v) is 5.61. The van der Waals surface area contributed by atoms with Gasteiger partial charge in [0.25, 0.3) is 0 Å². The second-order valence-electron chi connectivity index (χ2n) is 5.61. The first-order valence-corrected chi connectivity index (χ1v) is 8.03. The highest BCUT2D eigenvalue weighted by molar-refractivity contribution is 5.96. The highest BCUT2D eigenvalue weighted by Gasteiger charge is 2.09. The number of nitrogens with one attached hydrogen (secondary N) is 3. The van der Waals surface area contributed by atoms with Crippen molar-refractivity contribution in [3.05, 3.63) is 53.6 Å². The van der Waals surface area contributed by atoms with E-state index in [4.69, 9.17) is 11.2 Å². The number of ether oxygens (including phenoxy) is 1. The Morgan fingerprint density at radius 3 is 2.65 bits per heavy atom. The molecular formula is C20H21N3O3. The van der Waals surface area contributed by atoms with E-state index in [1.165, 1.54) is 7.11 Å². The van der Waals surface area contributed by atoms with Gasteiger partial charge in [0, 0.05) is 11.3 Å². The molecule has 0 heterocycles. The summed E-state index contributed by atoms with van der Waals surface area (Å²) in [5.41, 5.74) is 3.02. The molecule has 2 amide bonds. The Kier molecular flexibility index (Phi) is 6.63. The van der Waals surface area contributed by atoms with Gasteiger partial charge in [0.1, 0.15) is 5.75 Å². The fraction of sp³-hybridized carbons (Fsp3) is 0.200. The molecule has 0 radical (unpaired) electrons. The van der Waals surface area contributed by atoms with Gasteiger partial charge in [0.15, 0.2) is 0 Å². The zero-order chi connectivity index (χ0) is 18.9. The largest absolute Gasteiger partial charge is 0.495 e. The average Bonchev–Trinajstić information content (AvgIpc) is 2.65. The summed E-state index contributed by atoms with van der Waals surface area (Å²) in [6, 6.07) is 12.6. The molecule has 0 unspecified atom stereocenters. The van der Waals surface area contributed by atoms with Gasteiger partial charge in [-0.05, 0) is 42.8 Å². The average molecular weight is 351 g/mol. The van der Waals surface area contributed by atoms with Crippen LogP contribution >= 0.6 is 0 Å². The zero-order valence-electron chi connectivity index (χ0n) is 14.8. The molecule has 26 heavy (non-hydrogen) atoms. The van der Waals surface area contributed by atoms with E-state index in [1.807, 2.05) is 19.1 Å². The molecular weight excluding hydrogens is 330 g/mol. The van der Waals surface area contributed by atoms with Crippen LogP contribution in [0.2, 0.25) is 0 Å². The second kappa shape index (κ2) is 9.14. The summed E-state index contributed by atoms with van der Waals surface area (Å²) in [5.74, 6) is 2.45. The Hall–Kier alpha value is -3.46. The molecule has 6 heteroatoms. The van der Waals surface area contributed by atoms with E-state index in [0.29, 0.717) is 11.4 Å². The molecule has 0 aliphatic heterocycles. The summed E-state index contributed by atoms with van der Waals surface area (Å²) in [6.07, 6.45) is 5.34. The number of aryl methyl sites for hydroxylation is 1. The monoisotopic (exact) mass is 351 g/mol. The quantitative estimate of drug-likeness (QED) is 0.668. The van der Waals surface area contributed by atoms with E-state index in [0.717, 1.165) is 16.8 Å². The Balaban J connectivity index is 1.81. The van der Waals surface area contributed by atoms with Gasteiger partial charge < -0.3 is 20.7 Å². The molecule has 0 spiro atoms. The van der Waals surface area contributed by atoms with E-state index < -0.39 is 0 Å². The summed E-state index contributed by atoms with van der Waals surface area (Å²) in [4.78, 5) is 23.9. The molecule has 0 saturated heterocycles. The minimum atomic E-state index is -0.337. The lowest BCUT2D eigenvalue weighted by atomic mass is 10.2. The molecule has 134 valence electrons. The van der Waals surface area contributed by atoms with Crippen LogP contribution in [-0.2, 0) is 9.59 Å². The predicted molar refractivity (Wildman–Crippen MR) is 102 cm³/mol. The van der Waals surface area contributed by atoms with Crippen molar-refractivity contribution in [2.75, 3.05) is 30.8 Å². The fourth-order valence-corrected chi connectivity index (χ4v) is 2.26. The minimum Gasteiger partial charge on any atom is -0.495 e. The van der Waals surface area contributed by atoms with Gasteiger partial charge >= 0.3 is 0 Å². The Morgan fingerprint density at radius 1 is 1.12 bits per heavy atom. The third kappa shape index (κ3) is 5.56. The molecule has 2 aromatic carbocycles. The van der Waals surface area contributed by atoms with Gasteiger partial charge in [0.2, 0.25) is 11.8 Å². The standard InChI is InChI=1S/C20H21N3O3/c1-4-15-6-5-7-16(11-15)21-12-19(24)22-13-20(25)23-17-10-14(2)8-9-18(17)26-3/h1,5-11,21H,12-13H2,2-3H3,(H,22,24)(H,23,25). The van der Waals surface area contributed by atoms with Crippen LogP contribution in [-0.4, -0.2) is 32.0 Å². The van der Waals surface area contributed by atoms with E-state index >= 15 is 0 Å². The minimum absolute atomic E-state index is 0.0368. The number of rotatable bonds is 7. The van der Waals surface area contributed by atoms with E-state index in [2.05, 4.69) is 21.9 Å². The topological polar surface area (TPSA) is 79.5 Å². The molecule has 0 aromatic heterocycles. The maximum Gasteiger partial charge on any atom is 0.243 e. The maximum atomic E-state index is 12.0. The third-order valence-electron chi connectivity index (χ3n) is 3.56. The van der Waals surface area contributed by atoms with Crippen LogP contribution in [0, 0.1) is 19.3 Å². The smallest absolute Gasteiger partial charge is 0.243 e. The van der Waals surface area contributed by atoms with Crippen LogP contribution in [0.5, 0.6) is 5.75 Å². The Labute approximate surface area is 152 Å². The van der Waals surface area contributed by atoms with Crippen molar-refractivity contribution in [3.8, 4) is 18.1 Å². The predicted octanol–water partition coefficient (Wildman–Crippen LogP) is 2.15. The van der Waals surface area contributed by atoms with E-state index in [-0.39, 0.29) is 24.9 Å². The van der Waals surface area contributed by atoms with Crippen LogP contribution in [0.3, 0.4) is 0 Å². The SMILES string of the molecule is C#Cc1cccc(NCC(=O)NCC(=O)Nc2cc(C)ccc2OC)c1. The van der Waals surface area contributed by atoms with E-state index in [9.17, 15) is 9.59 Å². The van der Waals surface area contributed by atoms with Crippen molar-refractivity contribution in [1.29, 1.82) is 0 Å². The molecule has 0 aliphatic carbocycles. The van der Waals surface area contributed by atoms with Crippen molar-refractivity contribution in [2.45, 2.75) is 6.92 Å². The van der Waals surface area contributed by atoms with Crippen molar-refractivity contribution in [3.63, 3.8) is 0 Å². The summed E-state index contributed by atoms with van der Waals surface area (Å²) in [7, 11) is 1.53. The fourth-order valence-electron chi connectivity index (χ4n) is 2.26.